The molecule has 0 aliphatic heterocycles. The Hall–Kier alpha value is -1.53. The van der Waals surface area contributed by atoms with Gasteiger partial charge in [0.15, 0.2) is 0 Å². The monoisotopic (exact) mass is 257 g/mol. The summed E-state index contributed by atoms with van der Waals surface area (Å²) >= 11 is 0. The zero-order valence-electron chi connectivity index (χ0n) is 11.9. The van der Waals surface area contributed by atoms with E-state index in [0.717, 1.165) is 37.1 Å². The van der Waals surface area contributed by atoms with Crippen LogP contribution in [0.3, 0.4) is 0 Å². The number of hydrogen-bond acceptors (Lipinski definition) is 3. The molecule has 1 fully saturated rings. The maximum absolute atomic E-state index is 5.47. The van der Waals surface area contributed by atoms with Crippen molar-refractivity contribution in [3.05, 3.63) is 23.4 Å². The van der Waals surface area contributed by atoms with Crippen LogP contribution in [0.4, 0.5) is 5.82 Å². The first-order valence-electron chi connectivity index (χ1n) is 7.10. The average Bonchev–Trinajstić information content (AvgIpc) is 3.21. The van der Waals surface area contributed by atoms with Crippen molar-refractivity contribution in [2.45, 2.75) is 33.2 Å². The second-order valence-corrected chi connectivity index (χ2v) is 5.22. The smallest absolute Gasteiger partial charge is 0.129 e. The molecule has 0 unspecified atom stereocenters. The van der Waals surface area contributed by atoms with Gasteiger partial charge in [0, 0.05) is 18.8 Å². The number of pyridine rings is 1. The number of rotatable bonds is 7. The predicted octanol–water partition coefficient (Wildman–Crippen LogP) is 2.35. The zero-order chi connectivity index (χ0) is 13.7. The molecule has 0 spiro atoms. The van der Waals surface area contributed by atoms with Gasteiger partial charge in [-0.05, 0) is 43.9 Å². The van der Waals surface area contributed by atoms with E-state index in [0.29, 0.717) is 6.54 Å². The van der Waals surface area contributed by atoms with Gasteiger partial charge < -0.3 is 10.2 Å². The van der Waals surface area contributed by atoms with E-state index in [2.05, 4.69) is 42.1 Å². The van der Waals surface area contributed by atoms with Crippen molar-refractivity contribution in [1.82, 2.24) is 10.3 Å². The molecule has 1 aliphatic carbocycles. The third-order valence-corrected chi connectivity index (χ3v) is 3.53. The zero-order valence-corrected chi connectivity index (χ0v) is 11.9. The Bertz CT molecular complexity index is 458. The van der Waals surface area contributed by atoms with Crippen molar-refractivity contribution in [1.29, 1.82) is 0 Å². The molecule has 1 aromatic rings. The number of aromatic nitrogens is 1. The summed E-state index contributed by atoms with van der Waals surface area (Å²) in [6.07, 6.45) is 8.13. The van der Waals surface area contributed by atoms with Crippen LogP contribution in [0.15, 0.2) is 12.1 Å². The highest BCUT2D eigenvalue weighted by atomic mass is 15.2. The molecule has 3 nitrogen and oxygen atoms in total. The minimum Gasteiger partial charge on any atom is -0.345 e. The number of aryl methyl sites for hydroxylation is 1. The number of hydrogen-bond donors (Lipinski definition) is 1. The van der Waals surface area contributed by atoms with Crippen molar-refractivity contribution in [3.8, 4) is 12.3 Å². The Morgan fingerprint density at radius 2 is 2.26 bits per heavy atom. The molecule has 1 aliphatic rings. The first-order valence-corrected chi connectivity index (χ1v) is 7.10. The fourth-order valence-electron chi connectivity index (χ4n) is 2.16. The molecule has 1 heterocycles. The fraction of sp³-hybridized carbons (Fsp3) is 0.562. The van der Waals surface area contributed by atoms with E-state index in [9.17, 15) is 0 Å². The lowest BCUT2D eigenvalue weighted by Crippen LogP contribution is -2.27. The van der Waals surface area contributed by atoms with Gasteiger partial charge in [0.05, 0.1) is 6.54 Å². The second kappa shape index (κ2) is 6.58. The highest BCUT2D eigenvalue weighted by Crippen LogP contribution is 2.31. The summed E-state index contributed by atoms with van der Waals surface area (Å²) in [6.45, 7) is 7.74. The van der Waals surface area contributed by atoms with Crippen LogP contribution in [0.5, 0.6) is 0 Å². The molecular weight excluding hydrogens is 234 g/mol. The third kappa shape index (κ3) is 3.97. The van der Waals surface area contributed by atoms with Gasteiger partial charge in [0.25, 0.3) is 0 Å². The van der Waals surface area contributed by atoms with E-state index in [1.165, 1.54) is 18.4 Å². The standard InChI is InChI=1S/C16H23N3/c1-4-10-19(12-14-6-7-14)16-9-8-15(11-17-5-2)13(3)18-16/h1,8-9,14,17H,5-7,10-12H2,2-3H3. The first kappa shape index (κ1) is 13.9. The molecule has 0 radical (unpaired) electrons. The summed E-state index contributed by atoms with van der Waals surface area (Å²) in [4.78, 5) is 6.94. The Balaban J connectivity index is 2.09. The lowest BCUT2D eigenvalue weighted by molar-refractivity contribution is 0.715. The van der Waals surface area contributed by atoms with Crippen LogP contribution in [-0.2, 0) is 6.54 Å². The van der Waals surface area contributed by atoms with Crippen LogP contribution in [0.2, 0.25) is 0 Å². The number of nitrogens with one attached hydrogen (secondary N) is 1. The Labute approximate surface area is 116 Å². The lowest BCUT2D eigenvalue weighted by Gasteiger charge is -2.22. The molecule has 0 amide bonds. The molecule has 19 heavy (non-hydrogen) atoms. The van der Waals surface area contributed by atoms with E-state index in [-0.39, 0.29) is 0 Å². The molecule has 0 saturated heterocycles. The maximum atomic E-state index is 5.47. The predicted molar refractivity (Wildman–Crippen MR) is 80.1 cm³/mol. The van der Waals surface area contributed by atoms with Gasteiger partial charge in [-0.3, -0.25) is 0 Å². The Kier molecular flexibility index (Phi) is 4.81. The molecule has 0 bridgehead atoms. The van der Waals surface area contributed by atoms with Gasteiger partial charge in [-0.2, -0.15) is 0 Å². The highest BCUT2D eigenvalue weighted by molar-refractivity contribution is 5.43. The second-order valence-electron chi connectivity index (χ2n) is 5.22. The Morgan fingerprint density at radius 3 is 2.84 bits per heavy atom. The van der Waals surface area contributed by atoms with Crippen LogP contribution in [0.1, 0.15) is 31.0 Å². The molecule has 0 atom stereocenters. The molecule has 1 aromatic heterocycles. The van der Waals surface area contributed by atoms with Gasteiger partial charge in [0.1, 0.15) is 5.82 Å². The van der Waals surface area contributed by atoms with Crippen molar-refractivity contribution < 1.29 is 0 Å². The number of anilines is 1. The minimum absolute atomic E-state index is 0.648. The van der Waals surface area contributed by atoms with E-state index < -0.39 is 0 Å². The van der Waals surface area contributed by atoms with Crippen LogP contribution in [-0.4, -0.2) is 24.6 Å². The van der Waals surface area contributed by atoms with E-state index in [1.54, 1.807) is 0 Å². The SMILES string of the molecule is C#CCN(CC1CC1)c1ccc(CNCC)c(C)n1. The molecule has 2 rings (SSSR count). The third-order valence-electron chi connectivity index (χ3n) is 3.53. The van der Waals surface area contributed by atoms with Crippen LogP contribution < -0.4 is 10.2 Å². The largest absolute Gasteiger partial charge is 0.345 e. The summed E-state index contributed by atoms with van der Waals surface area (Å²) in [5.74, 6) is 4.57. The lowest BCUT2D eigenvalue weighted by atomic mass is 10.2. The minimum atomic E-state index is 0.648. The fourth-order valence-corrected chi connectivity index (χ4v) is 2.16. The van der Waals surface area contributed by atoms with Gasteiger partial charge >= 0.3 is 0 Å². The number of nitrogens with zero attached hydrogens (tertiary/aromatic N) is 2. The molecule has 102 valence electrons. The average molecular weight is 257 g/mol. The number of terminal acetylenes is 1. The first-order chi connectivity index (χ1) is 9.24. The van der Waals surface area contributed by atoms with Crippen molar-refractivity contribution in [3.63, 3.8) is 0 Å². The molecule has 3 heteroatoms. The van der Waals surface area contributed by atoms with Crippen molar-refractivity contribution in [2.75, 3.05) is 24.5 Å². The maximum Gasteiger partial charge on any atom is 0.129 e. The van der Waals surface area contributed by atoms with Crippen molar-refractivity contribution in [2.24, 2.45) is 5.92 Å². The van der Waals surface area contributed by atoms with Gasteiger partial charge in [-0.1, -0.05) is 18.9 Å². The van der Waals surface area contributed by atoms with Crippen LogP contribution in [0, 0.1) is 25.2 Å². The summed E-state index contributed by atoms with van der Waals surface area (Å²) in [6, 6.07) is 4.26. The molecule has 1 N–H and O–H groups in total. The topological polar surface area (TPSA) is 28.2 Å². The van der Waals surface area contributed by atoms with Gasteiger partial charge in [-0.15, -0.1) is 6.42 Å². The normalized spacial score (nSPS) is 14.2. The summed E-state index contributed by atoms with van der Waals surface area (Å²) in [5, 5.41) is 3.34. The quantitative estimate of drug-likeness (QED) is 0.760. The van der Waals surface area contributed by atoms with E-state index in [4.69, 9.17) is 11.4 Å². The summed E-state index contributed by atoms with van der Waals surface area (Å²) in [7, 11) is 0. The Morgan fingerprint density at radius 1 is 1.47 bits per heavy atom. The van der Waals surface area contributed by atoms with Crippen molar-refractivity contribution >= 4 is 5.82 Å². The van der Waals surface area contributed by atoms with Crippen LogP contribution in [0.25, 0.3) is 0 Å². The summed E-state index contributed by atoms with van der Waals surface area (Å²) in [5.41, 5.74) is 2.36. The van der Waals surface area contributed by atoms with Gasteiger partial charge in [-0.25, -0.2) is 4.98 Å². The van der Waals surface area contributed by atoms with E-state index >= 15 is 0 Å². The highest BCUT2D eigenvalue weighted by Gasteiger charge is 2.24. The van der Waals surface area contributed by atoms with Gasteiger partial charge in [0.2, 0.25) is 0 Å². The van der Waals surface area contributed by atoms with Crippen LogP contribution >= 0.6 is 0 Å². The molecule has 0 aromatic carbocycles. The molecule has 1 saturated carbocycles. The van der Waals surface area contributed by atoms with E-state index in [1.807, 2.05) is 0 Å². The summed E-state index contributed by atoms with van der Waals surface area (Å²) < 4.78 is 0. The molecular formula is C16H23N3.